The van der Waals surface area contributed by atoms with Gasteiger partial charge in [-0.25, -0.2) is 0 Å². The van der Waals surface area contributed by atoms with Crippen LogP contribution in [0, 0.1) is 23.7 Å². The Balaban J connectivity index is 2.09. The monoisotopic (exact) mass is 278 g/mol. The van der Waals surface area contributed by atoms with E-state index in [4.69, 9.17) is 0 Å². The quantitative estimate of drug-likeness (QED) is 0.761. The maximum atomic E-state index is 11.7. The minimum atomic E-state index is -0.911. The third-order valence-corrected chi connectivity index (χ3v) is 5.55. The number of carboxylic acids is 2. The fourth-order valence-corrected chi connectivity index (χ4v) is 4.82. The van der Waals surface area contributed by atoms with E-state index in [2.05, 4.69) is 0 Å². The molecule has 0 spiro atoms. The molecule has 3 aliphatic rings. The number of rotatable bonds is 2. The van der Waals surface area contributed by atoms with Crippen LogP contribution >= 0.6 is 0 Å². The SMILES string of the molecule is O=C(O)[C@@H]1[C@H](C(=O)O)[C@@H]2CCCCC2=C2CCCC[C@@H]21. The summed E-state index contributed by atoms with van der Waals surface area (Å²) in [6.07, 6.45) is 8.01. The van der Waals surface area contributed by atoms with Gasteiger partial charge in [0.1, 0.15) is 0 Å². The van der Waals surface area contributed by atoms with Gasteiger partial charge in [0.15, 0.2) is 0 Å². The number of hydrogen-bond donors (Lipinski definition) is 2. The zero-order valence-corrected chi connectivity index (χ0v) is 11.7. The Labute approximate surface area is 118 Å². The highest BCUT2D eigenvalue weighted by molar-refractivity contribution is 5.82. The van der Waals surface area contributed by atoms with E-state index in [0.717, 1.165) is 51.4 Å². The van der Waals surface area contributed by atoms with Crippen molar-refractivity contribution in [3.05, 3.63) is 11.1 Å². The molecule has 0 aliphatic heterocycles. The average Bonchev–Trinajstić information content (AvgIpc) is 2.45. The first-order chi connectivity index (χ1) is 9.61. The number of carbonyl (C=O) groups is 2. The summed E-state index contributed by atoms with van der Waals surface area (Å²) >= 11 is 0. The highest BCUT2D eigenvalue weighted by Gasteiger charge is 2.51. The summed E-state index contributed by atoms with van der Waals surface area (Å²) in [5.74, 6) is -3.29. The first-order valence-corrected chi connectivity index (χ1v) is 7.78. The molecule has 0 heterocycles. The number of allylic oxidation sites excluding steroid dienone is 2. The summed E-state index contributed by atoms with van der Waals surface area (Å²) in [6, 6.07) is 0. The predicted molar refractivity (Wildman–Crippen MR) is 73.2 cm³/mol. The summed E-state index contributed by atoms with van der Waals surface area (Å²) in [4.78, 5) is 23.4. The topological polar surface area (TPSA) is 74.6 Å². The molecule has 0 amide bonds. The largest absolute Gasteiger partial charge is 0.481 e. The summed E-state index contributed by atoms with van der Waals surface area (Å²) in [5, 5.41) is 19.2. The second-order valence-electron chi connectivity index (χ2n) is 6.48. The van der Waals surface area contributed by atoms with Crippen LogP contribution in [-0.2, 0) is 9.59 Å². The lowest BCUT2D eigenvalue weighted by Gasteiger charge is -2.46. The van der Waals surface area contributed by atoms with Gasteiger partial charge in [0, 0.05) is 0 Å². The highest BCUT2D eigenvalue weighted by Crippen LogP contribution is 2.52. The molecule has 2 saturated carbocycles. The van der Waals surface area contributed by atoms with Gasteiger partial charge < -0.3 is 10.2 Å². The van der Waals surface area contributed by atoms with Crippen LogP contribution in [0.1, 0.15) is 51.4 Å². The van der Waals surface area contributed by atoms with Crippen molar-refractivity contribution < 1.29 is 19.8 Å². The van der Waals surface area contributed by atoms with E-state index in [-0.39, 0.29) is 11.8 Å². The standard InChI is InChI=1S/C16H22O4/c17-15(18)13-11-7-3-1-5-9(11)10-6-2-4-8-12(10)14(13)16(19)20/h11-14H,1-8H2,(H,17,18)(H,19,20)/t11-,12+,13-,14+. The third kappa shape index (κ3) is 2.05. The Bertz CT molecular complexity index is 423. The molecule has 0 aromatic heterocycles. The van der Waals surface area contributed by atoms with Gasteiger partial charge in [-0.1, -0.05) is 24.0 Å². The Kier molecular flexibility index (Phi) is 3.57. The maximum Gasteiger partial charge on any atom is 0.308 e. The molecule has 4 atom stereocenters. The molecule has 0 aromatic rings. The van der Waals surface area contributed by atoms with Crippen molar-refractivity contribution in [2.24, 2.45) is 23.7 Å². The van der Waals surface area contributed by atoms with Crippen LogP contribution in [0.2, 0.25) is 0 Å². The Morgan fingerprint density at radius 3 is 1.50 bits per heavy atom. The lowest BCUT2D eigenvalue weighted by atomic mass is 9.57. The zero-order valence-electron chi connectivity index (χ0n) is 11.7. The lowest BCUT2D eigenvalue weighted by Crippen LogP contribution is -2.46. The normalized spacial score (nSPS) is 37.0. The first kappa shape index (κ1) is 13.7. The molecule has 0 aromatic carbocycles. The fraction of sp³-hybridized carbons (Fsp3) is 0.750. The van der Waals surface area contributed by atoms with Gasteiger partial charge in [0.25, 0.3) is 0 Å². The van der Waals surface area contributed by atoms with Crippen LogP contribution in [0.25, 0.3) is 0 Å². The number of fused-ring (bicyclic) bond motifs is 2. The van der Waals surface area contributed by atoms with Crippen molar-refractivity contribution in [3.8, 4) is 0 Å². The molecule has 2 fully saturated rings. The summed E-state index contributed by atoms with van der Waals surface area (Å²) in [7, 11) is 0. The second-order valence-corrected chi connectivity index (χ2v) is 6.48. The van der Waals surface area contributed by atoms with Crippen molar-refractivity contribution in [1.82, 2.24) is 0 Å². The first-order valence-electron chi connectivity index (χ1n) is 7.78. The molecule has 20 heavy (non-hydrogen) atoms. The average molecular weight is 278 g/mol. The molecule has 3 aliphatic carbocycles. The minimum absolute atomic E-state index is 0.0216. The van der Waals surface area contributed by atoms with Crippen LogP contribution in [0.5, 0.6) is 0 Å². The van der Waals surface area contributed by atoms with Crippen LogP contribution in [0.4, 0.5) is 0 Å². The maximum absolute atomic E-state index is 11.7. The number of aliphatic carboxylic acids is 2. The molecule has 3 rings (SSSR count). The van der Waals surface area contributed by atoms with Crippen molar-refractivity contribution in [2.75, 3.05) is 0 Å². The van der Waals surface area contributed by atoms with Crippen LogP contribution < -0.4 is 0 Å². The molecule has 0 bridgehead atoms. The Morgan fingerprint density at radius 1 is 0.750 bits per heavy atom. The zero-order chi connectivity index (χ0) is 14.3. The van der Waals surface area contributed by atoms with Gasteiger partial charge in [-0.2, -0.15) is 0 Å². The van der Waals surface area contributed by atoms with Crippen molar-refractivity contribution in [3.63, 3.8) is 0 Å². The Morgan fingerprint density at radius 2 is 1.15 bits per heavy atom. The van der Waals surface area contributed by atoms with Gasteiger partial charge in [0.2, 0.25) is 0 Å². The number of hydrogen-bond acceptors (Lipinski definition) is 2. The summed E-state index contributed by atoms with van der Waals surface area (Å²) in [5.41, 5.74) is 2.65. The predicted octanol–water partition coefficient (Wildman–Crippen LogP) is 3.08. The molecule has 4 nitrogen and oxygen atoms in total. The summed E-state index contributed by atoms with van der Waals surface area (Å²) in [6.45, 7) is 0. The van der Waals surface area contributed by atoms with Gasteiger partial charge in [-0.15, -0.1) is 0 Å². The third-order valence-electron chi connectivity index (χ3n) is 5.55. The Hall–Kier alpha value is -1.32. The van der Waals surface area contributed by atoms with Gasteiger partial charge in [0.05, 0.1) is 11.8 Å². The van der Waals surface area contributed by atoms with E-state index in [0.29, 0.717) is 0 Å². The molecule has 0 unspecified atom stereocenters. The summed E-state index contributed by atoms with van der Waals surface area (Å²) < 4.78 is 0. The second kappa shape index (κ2) is 5.23. The molecular weight excluding hydrogens is 256 g/mol. The van der Waals surface area contributed by atoms with Gasteiger partial charge >= 0.3 is 11.9 Å². The smallest absolute Gasteiger partial charge is 0.308 e. The van der Waals surface area contributed by atoms with Crippen LogP contribution in [0.3, 0.4) is 0 Å². The lowest BCUT2D eigenvalue weighted by molar-refractivity contribution is -0.159. The van der Waals surface area contributed by atoms with Crippen molar-refractivity contribution in [2.45, 2.75) is 51.4 Å². The number of carboxylic acid groups (broad SMARTS) is 2. The van der Waals surface area contributed by atoms with Crippen molar-refractivity contribution in [1.29, 1.82) is 0 Å². The molecule has 0 radical (unpaired) electrons. The van der Waals surface area contributed by atoms with E-state index in [1.807, 2.05) is 0 Å². The van der Waals surface area contributed by atoms with Crippen LogP contribution in [0.15, 0.2) is 11.1 Å². The van der Waals surface area contributed by atoms with Gasteiger partial charge in [-0.05, 0) is 50.4 Å². The van der Waals surface area contributed by atoms with E-state index >= 15 is 0 Å². The van der Waals surface area contributed by atoms with E-state index in [1.54, 1.807) is 0 Å². The fourth-order valence-electron chi connectivity index (χ4n) is 4.82. The van der Waals surface area contributed by atoms with Crippen LogP contribution in [-0.4, -0.2) is 22.2 Å². The van der Waals surface area contributed by atoms with E-state index in [1.165, 1.54) is 11.1 Å². The van der Waals surface area contributed by atoms with E-state index in [9.17, 15) is 19.8 Å². The minimum Gasteiger partial charge on any atom is -0.481 e. The molecule has 2 N–H and O–H groups in total. The van der Waals surface area contributed by atoms with Gasteiger partial charge in [-0.3, -0.25) is 9.59 Å². The van der Waals surface area contributed by atoms with Crippen molar-refractivity contribution >= 4 is 11.9 Å². The molecule has 4 heteroatoms. The molecule has 0 saturated heterocycles. The molecule has 110 valence electrons. The van der Waals surface area contributed by atoms with E-state index < -0.39 is 23.8 Å². The highest BCUT2D eigenvalue weighted by atomic mass is 16.4. The molecular formula is C16H22O4.